The lowest BCUT2D eigenvalue weighted by Gasteiger charge is -2.47. The van der Waals surface area contributed by atoms with Crippen molar-refractivity contribution in [2.45, 2.75) is 18.6 Å². The van der Waals surface area contributed by atoms with Crippen molar-refractivity contribution in [3.63, 3.8) is 0 Å². The zero-order valence-electron chi connectivity index (χ0n) is 14.6. The number of halogens is 1. The van der Waals surface area contributed by atoms with Crippen LogP contribution >= 0.6 is 22.9 Å². The molecule has 0 aliphatic carbocycles. The topological polar surface area (TPSA) is 65.9 Å². The lowest BCUT2D eigenvalue weighted by molar-refractivity contribution is -0.209. The van der Waals surface area contributed by atoms with Gasteiger partial charge in [-0.3, -0.25) is 4.79 Å². The fourth-order valence-electron chi connectivity index (χ4n) is 3.55. The molecule has 1 fully saturated rings. The molecule has 2 aromatic rings. The monoisotopic (exact) mass is 403 g/mol. The first kappa shape index (κ1) is 18.2. The van der Waals surface area contributed by atoms with Crippen molar-refractivity contribution in [1.82, 2.24) is 14.9 Å². The molecule has 140 valence electrons. The molecule has 3 heterocycles. The van der Waals surface area contributed by atoms with Crippen LogP contribution in [0, 0.1) is 0 Å². The number of hydrogen-bond acceptors (Lipinski definition) is 7. The number of methoxy groups -OCH3 is 1. The number of fused-ring (bicyclic) bond motifs is 1. The molecule has 0 spiro atoms. The maximum atomic E-state index is 13.2. The van der Waals surface area contributed by atoms with Crippen LogP contribution in [0.25, 0.3) is 0 Å². The maximum Gasteiger partial charge on any atom is 0.203 e. The Morgan fingerprint density at radius 2 is 2.22 bits per heavy atom. The number of carbonyl (C=O) groups excluding carboxylic acids is 1. The van der Waals surface area contributed by atoms with Gasteiger partial charge in [0.1, 0.15) is 18.0 Å². The van der Waals surface area contributed by atoms with Gasteiger partial charge in [0, 0.05) is 29.6 Å². The lowest BCUT2D eigenvalue weighted by Crippen LogP contribution is -2.57. The summed E-state index contributed by atoms with van der Waals surface area (Å²) in [7, 11) is 1.56. The Balaban J connectivity index is 1.76. The number of ketones is 1. The van der Waals surface area contributed by atoms with Crippen molar-refractivity contribution in [3.8, 4) is 5.75 Å². The summed E-state index contributed by atoms with van der Waals surface area (Å²) in [6.45, 7) is 0.546. The van der Waals surface area contributed by atoms with Crippen LogP contribution in [0.1, 0.15) is 16.5 Å². The number of thiazole rings is 1. The predicted octanol–water partition coefficient (Wildman–Crippen LogP) is 3.44. The molecule has 0 bridgehead atoms. The summed E-state index contributed by atoms with van der Waals surface area (Å²) in [5.41, 5.74) is 1.22. The standard InChI is InChI=1S/C19H18ClN3O3S/c1-26-15-8-3-2-6-13(15)17-18(24)14-7-4-5-9-22(14)16(23(17)25)10-12-11-21-19(20)27-12/h2-8,11,16-17,25H,9-10H2,1H3. The smallest absolute Gasteiger partial charge is 0.203 e. The fourth-order valence-corrected chi connectivity index (χ4v) is 4.55. The summed E-state index contributed by atoms with van der Waals surface area (Å²) >= 11 is 7.33. The first-order chi connectivity index (χ1) is 13.1. The van der Waals surface area contributed by atoms with E-state index in [2.05, 4.69) is 4.98 Å². The summed E-state index contributed by atoms with van der Waals surface area (Å²) in [5.74, 6) is 0.403. The molecule has 0 amide bonds. The minimum atomic E-state index is -0.844. The van der Waals surface area contributed by atoms with Crippen molar-refractivity contribution in [2.75, 3.05) is 13.7 Å². The SMILES string of the molecule is COc1ccccc1C1C(=O)C2=CC=CCN2C(Cc2cnc(Cl)s2)N1O. The van der Waals surface area contributed by atoms with E-state index in [9.17, 15) is 10.0 Å². The number of allylic oxidation sites excluding steroid dienone is 2. The number of hydrogen-bond donors (Lipinski definition) is 1. The largest absolute Gasteiger partial charge is 0.496 e. The van der Waals surface area contributed by atoms with Crippen LogP contribution in [0.3, 0.4) is 0 Å². The highest BCUT2D eigenvalue weighted by Crippen LogP contribution is 2.39. The number of benzene rings is 1. The van der Waals surface area contributed by atoms with E-state index in [1.807, 2.05) is 29.2 Å². The van der Waals surface area contributed by atoms with Crippen LogP contribution in [0.15, 0.2) is 54.4 Å². The van der Waals surface area contributed by atoms with Gasteiger partial charge in [-0.1, -0.05) is 42.0 Å². The second-order valence-electron chi connectivity index (χ2n) is 6.29. The second-order valence-corrected chi connectivity index (χ2v) is 7.98. The van der Waals surface area contributed by atoms with E-state index in [0.717, 1.165) is 9.94 Å². The van der Waals surface area contributed by atoms with E-state index in [4.69, 9.17) is 16.3 Å². The van der Waals surface area contributed by atoms with E-state index >= 15 is 0 Å². The molecule has 27 heavy (non-hydrogen) atoms. The average Bonchev–Trinajstić information content (AvgIpc) is 3.10. The molecule has 4 rings (SSSR count). The Morgan fingerprint density at radius 1 is 1.41 bits per heavy atom. The molecule has 8 heteroatoms. The molecule has 1 saturated heterocycles. The highest BCUT2D eigenvalue weighted by molar-refractivity contribution is 7.15. The Kier molecular flexibility index (Phi) is 5.01. The van der Waals surface area contributed by atoms with Gasteiger partial charge in [0.25, 0.3) is 0 Å². The highest BCUT2D eigenvalue weighted by atomic mass is 35.5. The zero-order valence-corrected chi connectivity index (χ0v) is 16.2. The van der Waals surface area contributed by atoms with Crippen molar-refractivity contribution < 1.29 is 14.7 Å². The molecule has 1 aromatic carbocycles. The summed E-state index contributed by atoms with van der Waals surface area (Å²) in [6.07, 6.45) is 7.40. The van der Waals surface area contributed by atoms with Crippen LogP contribution < -0.4 is 4.74 Å². The van der Waals surface area contributed by atoms with Crippen LogP contribution in [0.4, 0.5) is 0 Å². The van der Waals surface area contributed by atoms with E-state index in [1.165, 1.54) is 11.3 Å². The number of nitrogens with zero attached hydrogens (tertiary/aromatic N) is 3. The second kappa shape index (κ2) is 7.44. The Hall–Kier alpha value is -2.19. The van der Waals surface area contributed by atoms with Gasteiger partial charge in [0.05, 0.1) is 12.8 Å². The van der Waals surface area contributed by atoms with Crippen LogP contribution in [-0.2, 0) is 11.2 Å². The van der Waals surface area contributed by atoms with Crippen LogP contribution in [-0.4, -0.2) is 45.8 Å². The number of carbonyl (C=O) groups is 1. The van der Waals surface area contributed by atoms with Gasteiger partial charge in [-0.25, -0.2) is 4.98 Å². The number of hydroxylamine groups is 2. The number of para-hydroxylation sites is 1. The van der Waals surface area contributed by atoms with Crippen molar-refractivity contribution in [1.29, 1.82) is 0 Å². The highest BCUT2D eigenvalue weighted by Gasteiger charge is 2.45. The van der Waals surface area contributed by atoms with E-state index in [0.29, 0.717) is 34.4 Å². The summed E-state index contributed by atoms with van der Waals surface area (Å²) < 4.78 is 5.88. The number of Topliss-reactive ketones (excluding diaryl/α,β-unsaturated/α-hetero) is 1. The fraction of sp³-hybridized carbons (Fsp3) is 0.263. The molecular formula is C19H18ClN3O3S. The van der Waals surface area contributed by atoms with Crippen molar-refractivity contribution >= 4 is 28.7 Å². The quantitative estimate of drug-likeness (QED) is 0.843. The van der Waals surface area contributed by atoms with E-state index in [-0.39, 0.29) is 5.78 Å². The minimum Gasteiger partial charge on any atom is -0.496 e. The normalized spacial score (nSPS) is 22.6. The van der Waals surface area contributed by atoms with Gasteiger partial charge in [-0.05, 0) is 12.1 Å². The molecule has 0 radical (unpaired) electrons. The molecule has 2 aliphatic rings. The average molecular weight is 404 g/mol. The van der Waals surface area contributed by atoms with Gasteiger partial charge in [-0.15, -0.1) is 11.3 Å². The molecule has 1 aromatic heterocycles. The molecule has 6 nitrogen and oxygen atoms in total. The zero-order chi connectivity index (χ0) is 19.0. The summed E-state index contributed by atoms with van der Waals surface area (Å²) in [6, 6.07) is 6.42. The van der Waals surface area contributed by atoms with Gasteiger partial charge in [-0.2, -0.15) is 5.06 Å². The molecule has 2 unspecified atom stereocenters. The van der Waals surface area contributed by atoms with Gasteiger partial charge in [0.2, 0.25) is 5.78 Å². The van der Waals surface area contributed by atoms with E-state index < -0.39 is 12.2 Å². The van der Waals surface area contributed by atoms with Gasteiger partial charge >= 0.3 is 0 Å². The van der Waals surface area contributed by atoms with Crippen LogP contribution in [0.5, 0.6) is 5.75 Å². The van der Waals surface area contributed by atoms with Crippen LogP contribution in [0.2, 0.25) is 4.47 Å². The molecule has 0 saturated carbocycles. The first-order valence-electron chi connectivity index (χ1n) is 8.48. The van der Waals surface area contributed by atoms with Crippen molar-refractivity contribution in [3.05, 3.63) is 69.3 Å². The Labute approximate surface area is 165 Å². The van der Waals surface area contributed by atoms with Crippen molar-refractivity contribution in [2.24, 2.45) is 0 Å². The number of ether oxygens (including phenoxy) is 1. The summed E-state index contributed by atoms with van der Waals surface area (Å²) in [4.78, 5) is 20.1. The number of aromatic nitrogens is 1. The molecular weight excluding hydrogens is 386 g/mol. The minimum absolute atomic E-state index is 0.162. The maximum absolute atomic E-state index is 13.2. The van der Waals surface area contributed by atoms with E-state index in [1.54, 1.807) is 31.5 Å². The molecule has 2 atom stereocenters. The summed E-state index contributed by atoms with van der Waals surface area (Å²) in [5, 5.41) is 12.2. The number of rotatable bonds is 4. The van der Waals surface area contributed by atoms with Gasteiger partial charge < -0.3 is 14.8 Å². The Morgan fingerprint density at radius 3 is 2.96 bits per heavy atom. The van der Waals surface area contributed by atoms with Gasteiger partial charge in [0.15, 0.2) is 4.47 Å². The third-order valence-corrected chi connectivity index (χ3v) is 5.91. The first-order valence-corrected chi connectivity index (χ1v) is 9.67. The third-order valence-electron chi connectivity index (χ3n) is 4.77. The predicted molar refractivity (Wildman–Crippen MR) is 103 cm³/mol. The molecule has 1 N–H and O–H groups in total. The third kappa shape index (κ3) is 3.27. The Bertz CT molecular complexity index is 926. The molecule has 2 aliphatic heterocycles. The lowest BCUT2D eigenvalue weighted by atomic mass is 9.93.